The number of pyridine rings is 1. The molecule has 2 heterocycles. The molecular formula is C16H16N2O2. The van der Waals surface area contributed by atoms with Crippen LogP contribution < -0.4 is 10.5 Å². The van der Waals surface area contributed by atoms with E-state index >= 15 is 0 Å². The fraction of sp³-hybridized carbons (Fsp3) is 0.250. The van der Waals surface area contributed by atoms with Gasteiger partial charge in [-0.3, -0.25) is 9.78 Å². The van der Waals surface area contributed by atoms with Crippen LogP contribution in [0.15, 0.2) is 30.6 Å². The number of aryl methyl sites for hydroxylation is 1. The molecule has 0 saturated carbocycles. The lowest BCUT2D eigenvalue weighted by Gasteiger charge is -2.27. The lowest BCUT2D eigenvalue weighted by Crippen LogP contribution is -2.22. The molecule has 0 spiro atoms. The van der Waals surface area contributed by atoms with E-state index in [9.17, 15) is 4.79 Å². The van der Waals surface area contributed by atoms with Crippen molar-refractivity contribution in [2.24, 2.45) is 0 Å². The largest absolute Gasteiger partial charge is 0.482 e. The molecule has 1 aliphatic rings. The smallest absolute Gasteiger partial charge is 0.170 e. The second kappa shape index (κ2) is 4.63. The summed E-state index contributed by atoms with van der Waals surface area (Å²) in [5.74, 6) is 0.577. The van der Waals surface area contributed by atoms with Gasteiger partial charge in [0, 0.05) is 18.0 Å². The van der Waals surface area contributed by atoms with Crippen LogP contribution in [-0.4, -0.2) is 10.8 Å². The Morgan fingerprint density at radius 2 is 2.20 bits per heavy atom. The van der Waals surface area contributed by atoms with Crippen LogP contribution in [0.3, 0.4) is 0 Å². The minimum absolute atomic E-state index is 0.0647. The first-order valence-electron chi connectivity index (χ1n) is 6.57. The van der Waals surface area contributed by atoms with E-state index in [0.29, 0.717) is 23.4 Å². The Bertz CT molecular complexity index is 681. The monoisotopic (exact) mass is 268 g/mol. The van der Waals surface area contributed by atoms with E-state index in [1.165, 1.54) is 0 Å². The number of carbonyl (C=O) groups excluding carboxylic acids is 1. The number of nitrogens with two attached hydrogens (primary N) is 1. The first kappa shape index (κ1) is 12.7. The van der Waals surface area contributed by atoms with Gasteiger partial charge in [0.2, 0.25) is 0 Å². The zero-order valence-corrected chi connectivity index (χ0v) is 11.5. The highest BCUT2D eigenvalue weighted by molar-refractivity contribution is 6.02. The summed E-state index contributed by atoms with van der Waals surface area (Å²) >= 11 is 0. The first-order valence-corrected chi connectivity index (χ1v) is 6.57. The molecule has 4 nitrogen and oxygen atoms in total. The van der Waals surface area contributed by atoms with Gasteiger partial charge in [-0.2, -0.15) is 0 Å². The number of nitrogens with zero attached hydrogens (tertiary/aromatic N) is 1. The minimum atomic E-state index is -0.312. The highest BCUT2D eigenvalue weighted by Gasteiger charge is 2.30. The molecule has 0 radical (unpaired) electrons. The average molecular weight is 268 g/mol. The van der Waals surface area contributed by atoms with Gasteiger partial charge in [0.05, 0.1) is 17.7 Å². The van der Waals surface area contributed by atoms with Crippen molar-refractivity contribution in [2.45, 2.75) is 26.4 Å². The zero-order valence-electron chi connectivity index (χ0n) is 11.5. The Morgan fingerprint density at radius 1 is 1.40 bits per heavy atom. The molecule has 0 bridgehead atoms. The van der Waals surface area contributed by atoms with Crippen molar-refractivity contribution in [3.05, 3.63) is 52.8 Å². The number of Topliss-reactive ketones (excluding diaryl/α,β-unsaturated/α-hetero) is 1. The molecule has 0 saturated heterocycles. The fourth-order valence-electron chi connectivity index (χ4n) is 2.47. The quantitative estimate of drug-likeness (QED) is 0.807. The van der Waals surface area contributed by atoms with Gasteiger partial charge in [0.15, 0.2) is 11.5 Å². The molecule has 2 N–H and O–H groups in total. The SMILES string of the molecule is Cc1cc2c(c(N)c1C)OC(c1cccnc1)CC2=O. The summed E-state index contributed by atoms with van der Waals surface area (Å²) in [5, 5.41) is 0. The van der Waals surface area contributed by atoms with Crippen LogP contribution in [-0.2, 0) is 0 Å². The van der Waals surface area contributed by atoms with Crippen LogP contribution in [0.5, 0.6) is 5.75 Å². The summed E-state index contributed by atoms with van der Waals surface area (Å²) in [7, 11) is 0. The van der Waals surface area contributed by atoms with Crippen LogP contribution in [0.25, 0.3) is 0 Å². The summed E-state index contributed by atoms with van der Waals surface area (Å²) in [5.41, 5.74) is 10.1. The van der Waals surface area contributed by atoms with Crippen molar-refractivity contribution in [1.29, 1.82) is 0 Å². The summed E-state index contributed by atoms with van der Waals surface area (Å²) < 4.78 is 5.97. The number of hydrogen-bond donors (Lipinski definition) is 1. The van der Waals surface area contributed by atoms with Gasteiger partial charge in [-0.25, -0.2) is 0 Å². The predicted molar refractivity (Wildman–Crippen MR) is 76.9 cm³/mol. The number of aromatic nitrogens is 1. The van der Waals surface area contributed by atoms with E-state index < -0.39 is 0 Å². The number of ketones is 1. The van der Waals surface area contributed by atoms with Gasteiger partial charge in [-0.1, -0.05) is 6.07 Å². The lowest BCUT2D eigenvalue weighted by molar-refractivity contribution is 0.0851. The van der Waals surface area contributed by atoms with Gasteiger partial charge in [-0.15, -0.1) is 0 Å². The molecule has 0 aliphatic carbocycles. The number of nitrogen functional groups attached to an aromatic ring is 1. The molecule has 102 valence electrons. The van der Waals surface area contributed by atoms with Gasteiger partial charge in [0.1, 0.15) is 6.10 Å². The summed E-state index contributed by atoms with van der Waals surface area (Å²) in [6, 6.07) is 5.61. The maximum atomic E-state index is 12.3. The predicted octanol–water partition coefficient (Wildman–Crippen LogP) is 2.99. The van der Waals surface area contributed by atoms with Gasteiger partial charge in [0.25, 0.3) is 0 Å². The molecule has 1 atom stereocenters. The molecule has 3 rings (SSSR count). The van der Waals surface area contributed by atoms with Crippen molar-refractivity contribution in [3.63, 3.8) is 0 Å². The summed E-state index contributed by atoms with van der Waals surface area (Å²) in [6.07, 6.45) is 3.43. The molecule has 0 fully saturated rings. The molecule has 1 aromatic carbocycles. The van der Waals surface area contributed by atoms with E-state index in [-0.39, 0.29) is 11.9 Å². The first-order chi connectivity index (χ1) is 9.58. The molecule has 20 heavy (non-hydrogen) atoms. The number of hydrogen-bond acceptors (Lipinski definition) is 4. The molecule has 4 heteroatoms. The Kier molecular flexibility index (Phi) is 2.93. The number of ether oxygens (including phenoxy) is 1. The minimum Gasteiger partial charge on any atom is -0.482 e. The van der Waals surface area contributed by atoms with E-state index in [1.807, 2.05) is 32.0 Å². The molecule has 1 unspecified atom stereocenters. The summed E-state index contributed by atoms with van der Waals surface area (Å²) in [4.78, 5) is 16.4. The van der Waals surface area contributed by atoms with E-state index in [4.69, 9.17) is 10.5 Å². The van der Waals surface area contributed by atoms with Crippen LogP contribution in [0.1, 0.15) is 39.6 Å². The number of benzene rings is 1. The number of rotatable bonds is 1. The Balaban J connectivity index is 2.07. The Labute approximate surface area is 117 Å². The van der Waals surface area contributed by atoms with Crippen LogP contribution in [0.2, 0.25) is 0 Å². The molecule has 1 aliphatic heterocycles. The Hall–Kier alpha value is -2.36. The zero-order chi connectivity index (χ0) is 14.3. The normalized spacial score (nSPS) is 17.5. The van der Waals surface area contributed by atoms with Crippen LogP contribution in [0, 0.1) is 13.8 Å². The number of anilines is 1. The van der Waals surface area contributed by atoms with Crippen LogP contribution >= 0.6 is 0 Å². The van der Waals surface area contributed by atoms with Gasteiger partial charge >= 0.3 is 0 Å². The maximum absolute atomic E-state index is 12.3. The second-order valence-electron chi connectivity index (χ2n) is 5.13. The van der Waals surface area contributed by atoms with Crippen molar-refractivity contribution < 1.29 is 9.53 Å². The standard InChI is InChI=1S/C16H16N2O2/c1-9-6-12-13(19)7-14(11-4-3-5-18-8-11)20-16(12)15(17)10(9)2/h3-6,8,14H,7,17H2,1-2H3. The average Bonchev–Trinajstić information content (AvgIpc) is 2.47. The summed E-state index contributed by atoms with van der Waals surface area (Å²) in [6.45, 7) is 3.89. The number of fused-ring (bicyclic) bond motifs is 1. The van der Waals surface area contributed by atoms with Crippen molar-refractivity contribution in [3.8, 4) is 5.75 Å². The third-order valence-electron chi connectivity index (χ3n) is 3.83. The highest BCUT2D eigenvalue weighted by atomic mass is 16.5. The Morgan fingerprint density at radius 3 is 2.90 bits per heavy atom. The van der Waals surface area contributed by atoms with E-state index in [0.717, 1.165) is 16.7 Å². The van der Waals surface area contributed by atoms with Crippen molar-refractivity contribution in [2.75, 3.05) is 5.73 Å². The molecule has 0 amide bonds. The third-order valence-corrected chi connectivity index (χ3v) is 3.83. The molecule has 1 aromatic heterocycles. The topological polar surface area (TPSA) is 65.2 Å². The van der Waals surface area contributed by atoms with Crippen molar-refractivity contribution >= 4 is 11.5 Å². The number of carbonyl (C=O) groups is 1. The highest BCUT2D eigenvalue weighted by Crippen LogP contribution is 2.41. The maximum Gasteiger partial charge on any atom is 0.170 e. The van der Waals surface area contributed by atoms with Crippen molar-refractivity contribution in [1.82, 2.24) is 4.98 Å². The molecule has 2 aromatic rings. The fourth-order valence-corrected chi connectivity index (χ4v) is 2.47. The second-order valence-corrected chi connectivity index (χ2v) is 5.13. The van der Waals surface area contributed by atoms with Crippen LogP contribution in [0.4, 0.5) is 5.69 Å². The van der Waals surface area contributed by atoms with Gasteiger partial charge in [-0.05, 0) is 37.1 Å². The lowest BCUT2D eigenvalue weighted by atomic mass is 9.93. The third kappa shape index (κ3) is 1.93. The van der Waals surface area contributed by atoms with E-state index in [1.54, 1.807) is 12.4 Å². The van der Waals surface area contributed by atoms with E-state index in [2.05, 4.69) is 4.98 Å². The molecular weight excluding hydrogens is 252 g/mol. The van der Waals surface area contributed by atoms with Gasteiger partial charge < -0.3 is 10.5 Å².